The van der Waals surface area contributed by atoms with Crippen molar-refractivity contribution in [1.82, 2.24) is 20.2 Å². The van der Waals surface area contributed by atoms with Crippen LogP contribution in [0.15, 0.2) is 47.6 Å². The molecule has 0 saturated carbocycles. The van der Waals surface area contributed by atoms with Gasteiger partial charge in [0.05, 0.1) is 11.4 Å². The Labute approximate surface area is 158 Å². The molecule has 1 aromatic heterocycles. The van der Waals surface area contributed by atoms with Crippen LogP contribution in [0.25, 0.3) is 5.69 Å². The van der Waals surface area contributed by atoms with Crippen molar-refractivity contribution in [3.63, 3.8) is 0 Å². The van der Waals surface area contributed by atoms with Gasteiger partial charge >= 0.3 is 0 Å². The van der Waals surface area contributed by atoms with Crippen molar-refractivity contribution in [1.29, 1.82) is 0 Å². The third kappa shape index (κ3) is 3.84. The lowest BCUT2D eigenvalue weighted by Gasteiger charge is -2.07. The number of hydrogen-bond donors (Lipinski definition) is 0. The van der Waals surface area contributed by atoms with E-state index < -0.39 is 0 Å². The molecule has 0 aliphatic heterocycles. The Bertz CT molecular complexity index is 877. The number of ketones is 1. The van der Waals surface area contributed by atoms with Crippen LogP contribution in [0.4, 0.5) is 0 Å². The summed E-state index contributed by atoms with van der Waals surface area (Å²) >= 11 is 3.56. The minimum atomic E-state index is 0.0611. The topological polar surface area (TPSA) is 60.7 Å². The summed E-state index contributed by atoms with van der Waals surface area (Å²) in [6, 6.07) is 13.6. The number of aryl methyl sites for hydroxylation is 2. The van der Waals surface area contributed by atoms with Gasteiger partial charge in [-0.3, -0.25) is 4.79 Å². The van der Waals surface area contributed by atoms with Crippen LogP contribution in [-0.4, -0.2) is 31.7 Å². The van der Waals surface area contributed by atoms with Gasteiger partial charge in [0.15, 0.2) is 5.78 Å². The predicted octanol–water partition coefficient (Wildman–Crippen LogP) is 3.86. The lowest BCUT2D eigenvalue weighted by Crippen LogP contribution is -2.05. The van der Waals surface area contributed by atoms with Crippen LogP contribution < -0.4 is 0 Å². The van der Waals surface area contributed by atoms with Crippen LogP contribution in [-0.2, 0) is 0 Å². The van der Waals surface area contributed by atoms with Gasteiger partial charge in [0.25, 0.3) is 0 Å². The van der Waals surface area contributed by atoms with Crippen molar-refractivity contribution in [3.8, 4) is 5.69 Å². The number of benzene rings is 2. The fraction of sp³-hybridized carbons (Fsp3) is 0.176. The van der Waals surface area contributed by atoms with E-state index in [9.17, 15) is 4.79 Å². The normalized spacial score (nSPS) is 10.8. The zero-order chi connectivity index (χ0) is 17.1. The first-order valence-electron chi connectivity index (χ1n) is 7.32. The van der Waals surface area contributed by atoms with E-state index >= 15 is 0 Å². The van der Waals surface area contributed by atoms with Crippen LogP contribution in [0, 0.1) is 17.4 Å². The molecule has 5 nitrogen and oxygen atoms in total. The number of halogens is 1. The van der Waals surface area contributed by atoms with Crippen molar-refractivity contribution in [2.45, 2.75) is 19.0 Å². The monoisotopic (exact) mass is 450 g/mol. The van der Waals surface area contributed by atoms with Gasteiger partial charge in [-0.15, -0.1) is 5.10 Å². The minimum Gasteiger partial charge on any atom is -0.293 e. The Kier molecular flexibility index (Phi) is 5.30. The number of nitrogens with zero attached hydrogens (tertiary/aromatic N) is 4. The highest BCUT2D eigenvalue weighted by molar-refractivity contribution is 14.1. The largest absolute Gasteiger partial charge is 0.293 e. The predicted molar refractivity (Wildman–Crippen MR) is 103 cm³/mol. The maximum Gasteiger partial charge on any atom is 0.214 e. The molecule has 7 heteroatoms. The van der Waals surface area contributed by atoms with Crippen molar-refractivity contribution >= 4 is 40.1 Å². The van der Waals surface area contributed by atoms with E-state index in [1.807, 2.05) is 42.5 Å². The summed E-state index contributed by atoms with van der Waals surface area (Å²) in [5.41, 5.74) is 3.99. The molecule has 0 spiro atoms. The zero-order valence-corrected chi connectivity index (χ0v) is 16.2. The third-order valence-electron chi connectivity index (χ3n) is 3.67. The molecule has 24 heavy (non-hydrogen) atoms. The first-order valence-corrected chi connectivity index (χ1v) is 9.38. The lowest BCUT2D eigenvalue weighted by molar-refractivity contribution is 0.102. The van der Waals surface area contributed by atoms with Crippen LogP contribution in [0.2, 0.25) is 0 Å². The van der Waals surface area contributed by atoms with Crippen molar-refractivity contribution < 1.29 is 4.79 Å². The Hall–Kier alpha value is -1.74. The van der Waals surface area contributed by atoms with Gasteiger partial charge in [0.1, 0.15) is 0 Å². The van der Waals surface area contributed by atoms with Gasteiger partial charge in [-0.05, 0) is 82.3 Å². The smallest absolute Gasteiger partial charge is 0.214 e. The first kappa shape index (κ1) is 17.1. The number of carbonyl (C=O) groups is 1. The second kappa shape index (κ2) is 7.43. The standard InChI is InChI=1S/C17H15IN4OS/c1-11-3-8-15(9-12(11)2)22-17(19-20-21-22)24-10-16(23)13-4-6-14(18)7-5-13/h3-9H,10H2,1-2H3. The van der Waals surface area contributed by atoms with Crippen molar-refractivity contribution in [3.05, 3.63) is 62.7 Å². The Morgan fingerprint density at radius 1 is 1.12 bits per heavy atom. The van der Waals surface area contributed by atoms with Crippen molar-refractivity contribution in [2.24, 2.45) is 0 Å². The number of carbonyl (C=O) groups excluding carboxylic acids is 1. The average molecular weight is 450 g/mol. The molecular formula is C17H15IN4OS. The second-order valence-corrected chi connectivity index (χ2v) is 7.55. The molecule has 0 fully saturated rings. The molecule has 3 rings (SSSR count). The molecule has 3 aromatic rings. The van der Waals surface area contributed by atoms with Gasteiger partial charge in [-0.2, -0.15) is 4.68 Å². The maximum atomic E-state index is 12.3. The van der Waals surface area contributed by atoms with E-state index in [2.05, 4.69) is 52.0 Å². The number of rotatable bonds is 5. The average Bonchev–Trinajstić information content (AvgIpc) is 3.04. The highest BCUT2D eigenvalue weighted by Gasteiger charge is 2.13. The quantitative estimate of drug-likeness (QED) is 0.336. The molecule has 0 N–H and O–H groups in total. The molecular weight excluding hydrogens is 435 g/mol. The fourth-order valence-corrected chi connectivity index (χ4v) is 3.28. The zero-order valence-electron chi connectivity index (χ0n) is 13.2. The molecule has 0 aliphatic rings. The van der Waals surface area contributed by atoms with Crippen LogP contribution >= 0.6 is 34.4 Å². The third-order valence-corrected chi connectivity index (χ3v) is 5.31. The molecule has 0 atom stereocenters. The van der Waals surface area contributed by atoms with E-state index in [-0.39, 0.29) is 5.78 Å². The number of aromatic nitrogens is 4. The van der Waals surface area contributed by atoms with E-state index in [0.717, 1.165) is 9.26 Å². The van der Waals surface area contributed by atoms with Crippen LogP contribution in [0.3, 0.4) is 0 Å². The molecule has 0 amide bonds. The number of Topliss-reactive ketones (excluding diaryl/α,β-unsaturated/α-hetero) is 1. The SMILES string of the molecule is Cc1ccc(-n2nnnc2SCC(=O)c2ccc(I)cc2)cc1C. The summed E-state index contributed by atoms with van der Waals surface area (Å²) in [4.78, 5) is 12.3. The molecule has 0 saturated heterocycles. The highest BCUT2D eigenvalue weighted by atomic mass is 127. The molecule has 0 radical (unpaired) electrons. The lowest BCUT2D eigenvalue weighted by atomic mass is 10.1. The summed E-state index contributed by atoms with van der Waals surface area (Å²) < 4.78 is 2.77. The number of hydrogen-bond acceptors (Lipinski definition) is 5. The van der Waals surface area contributed by atoms with E-state index in [1.165, 1.54) is 22.9 Å². The Balaban J connectivity index is 1.75. The summed E-state index contributed by atoms with van der Waals surface area (Å²) in [5, 5.41) is 12.4. The van der Waals surface area contributed by atoms with Crippen molar-refractivity contribution in [2.75, 3.05) is 5.75 Å². The fourth-order valence-electron chi connectivity index (χ4n) is 2.14. The second-order valence-electron chi connectivity index (χ2n) is 5.36. The Morgan fingerprint density at radius 2 is 1.88 bits per heavy atom. The molecule has 0 aliphatic carbocycles. The first-order chi connectivity index (χ1) is 11.5. The van der Waals surface area contributed by atoms with Gasteiger partial charge in [-0.1, -0.05) is 30.0 Å². The molecule has 0 bridgehead atoms. The Morgan fingerprint density at radius 3 is 2.58 bits per heavy atom. The number of tetrazole rings is 1. The van der Waals surface area contributed by atoms with Crippen LogP contribution in [0.5, 0.6) is 0 Å². The van der Waals surface area contributed by atoms with Gasteiger partial charge in [-0.25, -0.2) is 0 Å². The summed E-state index contributed by atoms with van der Waals surface area (Å²) in [6.07, 6.45) is 0. The summed E-state index contributed by atoms with van der Waals surface area (Å²) in [7, 11) is 0. The van der Waals surface area contributed by atoms with Crippen LogP contribution in [0.1, 0.15) is 21.5 Å². The van der Waals surface area contributed by atoms with Gasteiger partial charge in [0, 0.05) is 9.13 Å². The minimum absolute atomic E-state index is 0.0611. The molecule has 122 valence electrons. The number of thioether (sulfide) groups is 1. The van der Waals surface area contributed by atoms with E-state index in [1.54, 1.807) is 4.68 Å². The molecule has 0 unspecified atom stereocenters. The summed E-state index contributed by atoms with van der Waals surface area (Å²) in [5.74, 6) is 0.359. The molecule has 1 heterocycles. The highest BCUT2D eigenvalue weighted by Crippen LogP contribution is 2.21. The van der Waals surface area contributed by atoms with E-state index in [4.69, 9.17) is 0 Å². The van der Waals surface area contributed by atoms with Gasteiger partial charge in [0.2, 0.25) is 5.16 Å². The molecule has 2 aromatic carbocycles. The maximum absolute atomic E-state index is 12.3. The van der Waals surface area contributed by atoms with Gasteiger partial charge < -0.3 is 0 Å². The summed E-state index contributed by atoms with van der Waals surface area (Å²) in [6.45, 7) is 4.12. The van der Waals surface area contributed by atoms with E-state index in [0.29, 0.717) is 16.5 Å².